The summed E-state index contributed by atoms with van der Waals surface area (Å²) in [6, 6.07) is 12.6. The summed E-state index contributed by atoms with van der Waals surface area (Å²) in [5.41, 5.74) is 11.4. The van der Waals surface area contributed by atoms with Crippen LogP contribution in [0.1, 0.15) is 28.4 Å². The number of fused-ring (bicyclic) bond motifs is 5. The first kappa shape index (κ1) is 40.9. The number of alkyl halides is 2. The number of phenols is 1. The highest BCUT2D eigenvalue weighted by molar-refractivity contribution is 8.54. The molecular formula is C33H32F2N8O13P2S. The van der Waals surface area contributed by atoms with Gasteiger partial charge in [-0.2, -0.15) is 4.98 Å². The molecule has 59 heavy (non-hydrogen) atoms. The fourth-order valence-corrected chi connectivity index (χ4v) is 10.6. The Morgan fingerprint density at radius 3 is 2.25 bits per heavy atom. The number of rotatable bonds is 7. The van der Waals surface area contributed by atoms with Gasteiger partial charge in [0.2, 0.25) is 0 Å². The van der Waals surface area contributed by atoms with Crippen LogP contribution < -0.4 is 21.9 Å². The molecule has 4 bridgehead atoms. The Labute approximate surface area is 334 Å². The number of halogens is 2. The second-order valence-electron chi connectivity index (χ2n) is 13.1. The zero-order valence-electron chi connectivity index (χ0n) is 30.0. The number of phenolic OH excluding ortho intramolecular Hbond substituents is 1. The number of phosphoric ester groups is 1. The Hall–Kier alpha value is -4.87. The number of ether oxygens (including phenoxy) is 3. The zero-order valence-corrected chi connectivity index (χ0v) is 32.6. The van der Waals surface area contributed by atoms with Crippen LogP contribution in [-0.4, -0.2) is 95.0 Å². The molecule has 0 saturated carbocycles. The summed E-state index contributed by atoms with van der Waals surface area (Å²) in [6.07, 6.45) is -11.6. The van der Waals surface area contributed by atoms with Gasteiger partial charge in [-0.05, 0) is 59.4 Å². The van der Waals surface area contributed by atoms with Gasteiger partial charge in [0, 0.05) is 11.9 Å². The van der Waals surface area contributed by atoms with Crippen molar-refractivity contribution in [3.63, 3.8) is 0 Å². The summed E-state index contributed by atoms with van der Waals surface area (Å²) in [4.78, 5) is 52.0. The minimum absolute atomic E-state index is 0.0264. The van der Waals surface area contributed by atoms with Crippen molar-refractivity contribution in [2.45, 2.75) is 55.0 Å². The zero-order chi connectivity index (χ0) is 41.6. The van der Waals surface area contributed by atoms with Crippen LogP contribution in [-0.2, 0) is 42.5 Å². The van der Waals surface area contributed by atoms with E-state index < -0.39 is 88.7 Å². The van der Waals surface area contributed by atoms with E-state index in [1.54, 1.807) is 12.1 Å². The Balaban J connectivity index is 1.09. The summed E-state index contributed by atoms with van der Waals surface area (Å²) in [5, 5.41) is 9.50. The third-order valence-electron chi connectivity index (χ3n) is 9.25. The van der Waals surface area contributed by atoms with Gasteiger partial charge in [-0.25, -0.2) is 42.5 Å². The summed E-state index contributed by atoms with van der Waals surface area (Å²) >= 11 is 0.567. The van der Waals surface area contributed by atoms with Crippen LogP contribution in [0.5, 0.6) is 11.5 Å². The number of nitrogen functional groups attached to an aromatic ring is 2. The quantitative estimate of drug-likeness (QED) is 0.103. The molecule has 2 aromatic carbocycles. The number of nitrogens with zero attached hydrogens (tertiary/aromatic N) is 6. The number of nitrogens with two attached hydrogens (primary N) is 2. The van der Waals surface area contributed by atoms with Gasteiger partial charge in [0.1, 0.15) is 53.6 Å². The van der Waals surface area contributed by atoms with Gasteiger partial charge in [0.05, 0.1) is 25.1 Å². The third kappa shape index (κ3) is 8.59. The predicted molar refractivity (Wildman–Crippen MR) is 200 cm³/mol. The molecule has 3 aromatic heterocycles. The highest BCUT2D eigenvalue weighted by atomic mass is 32.7. The summed E-state index contributed by atoms with van der Waals surface area (Å²) < 4.78 is 102. The minimum atomic E-state index is -5.25. The number of phosphoric acid groups is 1. The van der Waals surface area contributed by atoms with E-state index in [-0.39, 0.29) is 45.6 Å². The summed E-state index contributed by atoms with van der Waals surface area (Å²) in [6.45, 7) is -6.52. The lowest BCUT2D eigenvalue weighted by Crippen LogP contribution is -2.36. The van der Waals surface area contributed by atoms with E-state index in [0.29, 0.717) is 16.9 Å². The van der Waals surface area contributed by atoms with E-state index in [2.05, 4.69) is 19.9 Å². The molecule has 6 N–H and O–H groups in total. The van der Waals surface area contributed by atoms with Gasteiger partial charge < -0.3 is 35.7 Å². The maximum absolute atomic E-state index is 16.4. The van der Waals surface area contributed by atoms with Crippen LogP contribution in [0.3, 0.4) is 0 Å². The van der Waals surface area contributed by atoms with Gasteiger partial charge >= 0.3 is 26.3 Å². The highest BCUT2D eigenvalue weighted by Gasteiger charge is 2.55. The van der Waals surface area contributed by atoms with Crippen molar-refractivity contribution in [3.05, 3.63) is 95.1 Å². The van der Waals surface area contributed by atoms with Crippen molar-refractivity contribution in [2.75, 3.05) is 24.7 Å². The monoisotopic (exact) mass is 880 g/mol. The van der Waals surface area contributed by atoms with E-state index in [0.717, 1.165) is 17.1 Å². The van der Waals surface area contributed by atoms with Crippen molar-refractivity contribution >= 4 is 54.8 Å². The molecule has 312 valence electrons. The standard InChI is InChI=1S/C33H32F2N8O13P2S/c34-23-21-12-51-58(49,59-13-16-1-7-19(8-2-16)52-32(45)17-3-5-18(44)6-4-17)56-27-24(35)20(53-30(27)42-10-9-22(36)41-33(42)46)11-50-57(47,48)55-26(23)31(54-21)43-15-40-25-28(37)38-14-39-29(25)43/h1-10,14-15,20-21,23-24,26-27,30-31,44H,11-13H2,(H,47,48)(H2,36,41,46)(H2,37,38,39)/t20-,21-,23-,24-,26-,27-,30-,31-,58?/m1/s1. The van der Waals surface area contributed by atoms with Gasteiger partial charge in [-0.1, -0.05) is 12.1 Å². The first-order valence-corrected chi connectivity index (χ1v) is 22.0. The number of anilines is 2. The number of imidazole rings is 1. The van der Waals surface area contributed by atoms with E-state index in [4.69, 9.17) is 43.8 Å². The van der Waals surface area contributed by atoms with E-state index in [1.165, 1.54) is 53.4 Å². The second kappa shape index (κ2) is 16.3. The lowest BCUT2D eigenvalue weighted by atomic mass is 10.1. The van der Waals surface area contributed by atoms with Gasteiger partial charge in [-0.15, -0.1) is 0 Å². The predicted octanol–water partition coefficient (Wildman–Crippen LogP) is 3.60. The maximum Gasteiger partial charge on any atom is 0.472 e. The number of esters is 1. The molecule has 2 unspecified atom stereocenters. The molecule has 3 aliphatic heterocycles. The molecular weight excluding hydrogens is 848 g/mol. The van der Waals surface area contributed by atoms with Crippen molar-refractivity contribution in [1.82, 2.24) is 29.1 Å². The number of carbonyl (C=O) groups excluding carboxylic acids is 1. The number of hydrogen-bond donors (Lipinski definition) is 4. The lowest BCUT2D eigenvalue weighted by molar-refractivity contribution is -0.0648. The summed E-state index contributed by atoms with van der Waals surface area (Å²) in [5.74, 6) is -0.903. The molecule has 0 amide bonds. The normalized spacial score (nSPS) is 31.2. The Morgan fingerprint density at radius 1 is 0.898 bits per heavy atom. The van der Waals surface area contributed by atoms with Crippen LogP contribution in [0.15, 0.2) is 78.2 Å². The Bertz CT molecular complexity index is 2520. The minimum Gasteiger partial charge on any atom is -0.508 e. The topological polar surface area (TPSA) is 287 Å². The van der Waals surface area contributed by atoms with Crippen LogP contribution in [0.25, 0.3) is 11.2 Å². The van der Waals surface area contributed by atoms with Crippen LogP contribution in [0.2, 0.25) is 0 Å². The molecule has 6 heterocycles. The SMILES string of the molecule is Nc1ccn([C@@H]2O[C@@H]3COP(=O)(O)O[C@@H]4[C@H](F)[C@@H](COP(=O)(SCc5ccc(OC(=O)c6ccc(O)cc6)cc5)O[C@@H]2[C@@H]3F)O[C@H]4n2cnc3c(N)ncnc32)c(=O)n1. The maximum atomic E-state index is 16.4. The number of hydrogen-bond acceptors (Lipinski definition) is 19. The first-order valence-electron chi connectivity index (χ1n) is 17.4. The molecule has 8 rings (SSSR count). The molecule has 10 atom stereocenters. The van der Waals surface area contributed by atoms with E-state index in [1.807, 2.05) is 0 Å². The number of benzene rings is 2. The molecule has 3 saturated heterocycles. The Morgan fingerprint density at radius 2 is 1.56 bits per heavy atom. The highest BCUT2D eigenvalue weighted by Crippen LogP contribution is 2.65. The molecule has 21 nitrogen and oxygen atoms in total. The van der Waals surface area contributed by atoms with Crippen molar-refractivity contribution < 1.29 is 65.0 Å². The number of aromatic hydroxyl groups is 1. The average molecular weight is 881 g/mol. The van der Waals surface area contributed by atoms with Gasteiger partial charge in [0.25, 0.3) is 0 Å². The average Bonchev–Trinajstić information content (AvgIpc) is 3.86. The van der Waals surface area contributed by atoms with Crippen molar-refractivity contribution in [1.29, 1.82) is 0 Å². The molecule has 0 aliphatic carbocycles. The number of carbonyl (C=O) groups is 1. The van der Waals surface area contributed by atoms with E-state index in [9.17, 15) is 28.7 Å². The third-order valence-corrected chi connectivity index (χ3v) is 13.9. The number of aromatic nitrogens is 6. The Kier molecular flexibility index (Phi) is 11.3. The van der Waals surface area contributed by atoms with Crippen LogP contribution in [0.4, 0.5) is 20.4 Å². The first-order chi connectivity index (χ1) is 28.2. The van der Waals surface area contributed by atoms with Gasteiger partial charge in [-0.3, -0.25) is 27.2 Å². The van der Waals surface area contributed by atoms with Crippen LogP contribution in [0, 0.1) is 0 Å². The largest absolute Gasteiger partial charge is 0.508 e. The molecule has 26 heteroatoms. The van der Waals surface area contributed by atoms with Gasteiger partial charge in [0.15, 0.2) is 36.3 Å². The smallest absolute Gasteiger partial charge is 0.472 e. The fourth-order valence-electron chi connectivity index (χ4n) is 6.34. The molecule has 0 radical (unpaired) electrons. The van der Waals surface area contributed by atoms with E-state index >= 15 is 8.78 Å². The van der Waals surface area contributed by atoms with Crippen molar-refractivity contribution in [3.8, 4) is 11.5 Å². The second-order valence-corrected chi connectivity index (χ2v) is 18.6. The van der Waals surface area contributed by atoms with Crippen molar-refractivity contribution in [2.24, 2.45) is 0 Å². The lowest BCUT2D eigenvalue weighted by Gasteiger charge is -2.27. The molecule has 5 aromatic rings. The molecule has 3 fully saturated rings. The molecule has 0 spiro atoms. The van der Waals surface area contributed by atoms with Crippen LogP contribution >= 0.6 is 26.0 Å². The summed E-state index contributed by atoms with van der Waals surface area (Å²) in [7, 11) is -5.25. The molecule has 3 aliphatic rings. The fraction of sp³-hybridized carbons (Fsp3) is 0.333.